The highest BCUT2D eigenvalue weighted by molar-refractivity contribution is 9.10. The molecular formula is C14H20BrFN2O. The molecule has 1 aromatic carbocycles. The Labute approximate surface area is 122 Å². The topological polar surface area (TPSA) is 41.1 Å². The van der Waals surface area contributed by atoms with Gasteiger partial charge in [-0.15, -0.1) is 0 Å². The number of hydrogen-bond donors (Lipinski definition) is 2. The van der Waals surface area contributed by atoms with E-state index in [2.05, 4.69) is 26.6 Å². The van der Waals surface area contributed by atoms with Crippen LogP contribution in [0.1, 0.15) is 32.3 Å². The molecule has 2 N–H and O–H groups in total. The number of nitrogens with one attached hydrogen (secondary N) is 2. The predicted octanol–water partition coefficient (Wildman–Crippen LogP) is 2.98. The van der Waals surface area contributed by atoms with Crippen LogP contribution in [0.15, 0.2) is 22.7 Å². The Kier molecular flexibility index (Phi) is 7.02. The van der Waals surface area contributed by atoms with Crippen molar-refractivity contribution in [1.29, 1.82) is 0 Å². The standard InChI is InChI=1S/C14H20BrFN2O/c1-3-10(2)18-14(19)6-7-17-9-11-4-5-13(16)12(15)8-11/h4-5,8,10,17H,3,6-7,9H2,1-2H3,(H,18,19). The van der Waals surface area contributed by atoms with E-state index < -0.39 is 0 Å². The summed E-state index contributed by atoms with van der Waals surface area (Å²) in [5.74, 6) is -0.209. The fourth-order valence-corrected chi connectivity index (χ4v) is 1.96. The van der Waals surface area contributed by atoms with Crippen LogP contribution < -0.4 is 10.6 Å². The first-order valence-electron chi connectivity index (χ1n) is 6.47. The Morgan fingerprint density at radius 3 is 2.84 bits per heavy atom. The average Bonchev–Trinajstić information content (AvgIpc) is 2.38. The second-order valence-corrected chi connectivity index (χ2v) is 5.41. The Hall–Kier alpha value is -0.940. The van der Waals surface area contributed by atoms with Crippen molar-refractivity contribution in [3.05, 3.63) is 34.1 Å². The average molecular weight is 331 g/mol. The molecule has 0 saturated carbocycles. The van der Waals surface area contributed by atoms with E-state index >= 15 is 0 Å². The van der Waals surface area contributed by atoms with Crippen molar-refractivity contribution in [1.82, 2.24) is 10.6 Å². The van der Waals surface area contributed by atoms with E-state index in [0.717, 1.165) is 12.0 Å². The zero-order valence-electron chi connectivity index (χ0n) is 11.3. The van der Waals surface area contributed by atoms with E-state index in [1.807, 2.05) is 13.8 Å². The van der Waals surface area contributed by atoms with Crippen LogP contribution in [0.5, 0.6) is 0 Å². The van der Waals surface area contributed by atoms with Crippen molar-refractivity contribution >= 4 is 21.8 Å². The molecule has 0 saturated heterocycles. The van der Waals surface area contributed by atoms with Gasteiger partial charge in [0.15, 0.2) is 0 Å². The van der Waals surface area contributed by atoms with Gasteiger partial charge in [0.2, 0.25) is 5.91 Å². The summed E-state index contributed by atoms with van der Waals surface area (Å²) < 4.78 is 13.5. The van der Waals surface area contributed by atoms with Crippen LogP contribution in [0.2, 0.25) is 0 Å². The number of carbonyl (C=O) groups excluding carboxylic acids is 1. The first-order valence-corrected chi connectivity index (χ1v) is 7.26. The lowest BCUT2D eigenvalue weighted by atomic mass is 10.2. The van der Waals surface area contributed by atoms with Crippen LogP contribution in [0.3, 0.4) is 0 Å². The van der Waals surface area contributed by atoms with Crippen LogP contribution in [-0.2, 0) is 11.3 Å². The van der Waals surface area contributed by atoms with Crippen LogP contribution in [0.25, 0.3) is 0 Å². The molecule has 1 amide bonds. The second kappa shape index (κ2) is 8.27. The monoisotopic (exact) mass is 330 g/mol. The summed E-state index contributed by atoms with van der Waals surface area (Å²) in [6, 6.07) is 5.12. The van der Waals surface area contributed by atoms with Gasteiger partial charge in [-0.25, -0.2) is 4.39 Å². The maximum atomic E-state index is 13.0. The summed E-state index contributed by atoms with van der Waals surface area (Å²) in [5, 5.41) is 6.08. The number of benzene rings is 1. The summed E-state index contributed by atoms with van der Waals surface area (Å²) in [4.78, 5) is 11.5. The van der Waals surface area contributed by atoms with Gasteiger partial charge in [-0.2, -0.15) is 0 Å². The highest BCUT2D eigenvalue weighted by Crippen LogP contribution is 2.16. The minimum atomic E-state index is -0.267. The molecule has 5 heteroatoms. The molecule has 0 aliphatic heterocycles. The number of hydrogen-bond acceptors (Lipinski definition) is 2. The molecule has 0 heterocycles. The first-order chi connectivity index (χ1) is 9.02. The van der Waals surface area contributed by atoms with E-state index in [0.29, 0.717) is 24.0 Å². The molecule has 0 fully saturated rings. The zero-order valence-corrected chi connectivity index (χ0v) is 12.9. The van der Waals surface area contributed by atoms with Gasteiger partial charge in [-0.05, 0) is 47.0 Å². The SMILES string of the molecule is CCC(C)NC(=O)CCNCc1ccc(F)c(Br)c1. The maximum absolute atomic E-state index is 13.0. The number of rotatable bonds is 7. The molecule has 0 spiro atoms. The lowest BCUT2D eigenvalue weighted by Gasteiger charge is -2.11. The van der Waals surface area contributed by atoms with Crippen molar-refractivity contribution in [2.24, 2.45) is 0 Å². The molecule has 0 aromatic heterocycles. The van der Waals surface area contributed by atoms with Crippen molar-refractivity contribution in [3.8, 4) is 0 Å². The van der Waals surface area contributed by atoms with Gasteiger partial charge in [0.05, 0.1) is 4.47 Å². The lowest BCUT2D eigenvalue weighted by molar-refractivity contribution is -0.121. The highest BCUT2D eigenvalue weighted by Gasteiger charge is 2.05. The summed E-state index contributed by atoms with van der Waals surface area (Å²) in [6.45, 7) is 5.25. The Morgan fingerprint density at radius 2 is 2.21 bits per heavy atom. The molecule has 1 aromatic rings. The summed E-state index contributed by atoms with van der Waals surface area (Å²) >= 11 is 3.15. The van der Waals surface area contributed by atoms with E-state index in [1.165, 1.54) is 6.07 Å². The van der Waals surface area contributed by atoms with E-state index in [1.54, 1.807) is 12.1 Å². The van der Waals surface area contributed by atoms with Crippen molar-refractivity contribution < 1.29 is 9.18 Å². The molecular weight excluding hydrogens is 311 g/mol. The van der Waals surface area contributed by atoms with Gasteiger partial charge in [0.25, 0.3) is 0 Å². The minimum absolute atomic E-state index is 0.0575. The van der Waals surface area contributed by atoms with Crippen molar-refractivity contribution in [3.63, 3.8) is 0 Å². The molecule has 0 radical (unpaired) electrons. The fourth-order valence-electron chi connectivity index (χ4n) is 1.53. The van der Waals surface area contributed by atoms with E-state index in [9.17, 15) is 9.18 Å². The summed E-state index contributed by atoms with van der Waals surface area (Å²) in [5.41, 5.74) is 0.982. The van der Waals surface area contributed by atoms with Crippen LogP contribution >= 0.6 is 15.9 Å². The number of amides is 1. The van der Waals surface area contributed by atoms with Gasteiger partial charge < -0.3 is 10.6 Å². The molecule has 0 aliphatic carbocycles. The normalized spacial score (nSPS) is 12.2. The van der Waals surface area contributed by atoms with Crippen molar-refractivity contribution in [2.45, 2.75) is 39.3 Å². The third-order valence-corrected chi connectivity index (χ3v) is 3.47. The molecule has 3 nitrogen and oxygen atoms in total. The Morgan fingerprint density at radius 1 is 1.47 bits per heavy atom. The highest BCUT2D eigenvalue weighted by atomic mass is 79.9. The maximum Gasteiger partial charge on any atom is 0.221 e. The summed E-state index contributed by atoms with van der Waals surface area (Å²) in [7, 11) is 0. The van der Waals surface area contributed by atoms with Crippen LogP contribution in [-0.4, -0.2) is 18.5 Å². The number of carbonyl (C=O) groups is 1. The minimum Gasteiger partial charge on any atom is -0.354 e. The lowest BCUT2D eigenvalue weighted by Crippen LogP contribution is -2.33. The molecule has 1 rings (SSSR count). The van der Waals surface area contributed by atoms with E-state index in [4.69, 9.17) is 0 Å². The second-order valence-electron chi connectivity index (χ2n) is 4.55. The van der Waals surface area contributed by atoms with Gasteiger partial charge in [-0.1, -0.05) is 13.0 Å². The fraction of sp³-hybridized carbons (Fsp3) is 0.500. The first kappa shape index (κ1) is 16.1. The van der Waals surface area contributed by atoms with Gasteiger partial charge >= 0.3 is 0 Å². The Balaban J connectivity index is 2.23. The molecule has 106 valence electrons. The predicted molar refractivity (Wildman–Crippen MR) is 78.3 cm³/mol. The quantitative estimate of drug-likeness (QED) is 0.754. The van der Waals surface area contributed by atoms with Crippen LogP contribution in [0, 0.1) is 5.82 Å². The van der Waals surface area contributed by atoms with Crippen LogP contribution in [0.4, 0.5) is 4.39 Å². The molecule has 1 unspecified atom stereocenters. The third-order valence-electron chi connectivity index (χ3n) is 2.86. The van der Waals surface area contributed by atoms with Gasteiger partial charge in [0.1, 0.15) is 5.82 Å². The third kappa shape index (κ3) is 6.16. The van der Waals surface area contributed by atoms with Crippen molar-refractivity contribution in [2.75, 3.05) is 6.54 Å². The zero-order chi connectivity index (χ0) is 14.3. The smallest absolute Gasteiger partial charge is 0.221 e. The molecule has 0 bridgehead atoms. The largest absolute Gasteiger partial charge is 0.354 e. The molecule has 0 aliphatic rings. The number of halogens is 2. The Bertz CT molecular complexity index is 426. The van der Waals surface area contributed by atoms with E-state index in [-0.39, 0.29) is 17.8 Å². The molecule has 19 heavy (non-hydrogen) atoms. The summed E-state index contributed by atoms with van der Waals surface area (Å²) in [6.07, 6.45) is 1.38. The van der Waals surface area contributed by atoms with Gasteiger partial charge in [-0.3, -0.25) is 4.79 Å². The molecule has 1 atom stereocenters. The van der Waals surface area contributed by atoms with Gasteiger partial charge in [0, 0.05) is 25.6 Å².